The number of hydrogen-bond donors (Lipinski definition) is 1. The van der Waals surface area contributed by atoms with E-state index in [4.69, 9.17) is 5.73 Å². The Morgan fingerprint density at radius 1 is 1.28 bits per heavy atom. The van der Waals surface area contributed by atoms with Crippen LogP contribution in [0.15, 0.2) is 18.2 Å². The van der Waals surface area contributed by atoms with Crippen LogP contribution in [0.5, 0.6) is 0 Å². The van der Waals surface area contributed by atoms with Crippen LogP contribution >= 0.6 is 0 Å². The zero-order chi connectivity index (χ0) is 13.0. The van der Waals surface area contributed by atoms with Crippen molar-refractivity contribution in [1.29, 1.82) is 0 Å². The Bertz CT molecular complexity index is 386. The van der Waals surface area contributed by atoms with Gasteiger partial charge in [0.1, 0.15) is 5.82 Å². The van der Waals surface area contributed by atoms with Crippen molar-refractivity contribution in [2.45, 2.75) is 45.1 Å². The van der Waals surface area contributed by atoms with Crippen LogP contribution < -0.4 is 10.6 Å². The lowest BCUT2D eigenvalue weighted by Gasteiger charge is -2.31. The van der Waals surface area contributed by atoms with Gasteiger partial charge in [0.15, 0.2) is 0 Å². The van der Waals surface area contributed by atoms with Crippen LogP contribution in [-0.2, 0) is 6.42 Å². The lowest BCUT2D eigenvalue weighted by atomic mass is 10.0. The molecule has 0 aromatic heterocycles. The van der Waals surface area contributed by atoms with Crippen molar-refractivity contribution in [2.24, 2.45) is 5.73 Å². The maximum Gasteiger partial charge on any atom is 0.146 e. The molecule has 1 fully saturated rings. The summed E-state index contributed by atoms with van der Waals surface area (Å²) in [5, 5.41) is 0. The van der Waals surface area contributed by atoms with Crippen molar-refractivity contribution in [3.05, 3.63) is 29.6 Å². The predicted molar refractivity (Wildman–Crippen MR) is 74.4 cm³/mol. The van der Waals surface area contributed by atoms with Gasteiger partial charge in [0, 0.05) is 19.1 Å². The number of nitrogens with zero attached hydrogens (tertiary/aromatic N) is 1. The van der Waals surface area contributed by atoms with Gasteiger partial charge in [-0.3, -0.25) is 0 Å². The number of nitrogens with two attached hydrogens (primary N) is 1. The summed E-state index contributed by atoms with van der Waals surface area (Å²) in [6, 6.07) is 5.49. The largest absolute Gasteiger partial charge is 0.369 e. The van der Waals surface area contributed by atoms with Gasteiger partial charge in [-0.1, -0.05) is 19.1 Å². The van der Waals surface area contributed by atoms with Crippen LogP contribution in [0, 0.1) is 5.82 Å². The maximum absolute atomic E-state index is 14.1. The number of para-hydroxylation sites is 1. The van der Waals surface area contributed by atoms with Crippen molar-refractivity contribution >= 4 is 5.69 Å². The molecule has 0 aliphatic carbocycles. The summed E-state index contributed by atoms with van der Waals surface area (Å²) < 4.78 is 14.1. The minimum Gasteiger partial charge on any atom is -0.369 e. The molecule has 2 rings (SSSR count). The summed E-state index contributed by atoms with van der Waals surface area (Å²) in [4.78, 5) is 2.19. The molecule has 2 N–H and O–H groups in total. The summed E-state index contributed by atoms with van der Waals surface area (Å²) in [7, 11) is 0. The zero-order valence-electron chi connectivity index (χ0n) is 11.2. The number of halogens is 1. The van der Waals surface area contributed by atoms with E-state index in [1.807, 2.05) is 6.07 Å². The van der Waals surface area contributed by atoms with Gasteiger partial charge >= 0.3 is 0 Å². The average Bonchev–Trinajstić information content (AvgIpc) is 2.40. The van der Waals surface area contributed by atoms with Gasteiger partial charge in [-0.05, 0) is 43.7 Å². The molecule has 18 heavy (non-hydrogen) atoms. The molecule has 0 bridgehead atoms. The minimum atomic E-state index is -0.0993. The van der Waals surface area contributed by atoms with Gasteiger partial charge in [-0.15, -0.1) is 0 Å². The third-order valence-electron chi connectivity index (χ3n) is 3.75. The Morgan fingerprint density at radius 3 is 2.67 bits per heavy atom. The van der Waals surface area contributed by atoms with Crippen LogP contribution in [0.2, 0.25) is 0 Å². The van der Waals surface area contributed by atoms with Crippen molar-refractivity contribution in [2.75, 3.05) is 18.0 Å². The molecule has 3 heteroatoms. The highest BCUT2D eigenvalue weighted by Gasteiger charge is 2.19. The first-order valence-electron chi connectivity index (χ1n) is 7.00. The Morgan fingerprint density at radius 2 is 2.00 bits per heavy atom. The van der Waals surface area contributed by atoms with Gasteiger partial charge in [0.25, 0.3) is 0 Å². The van der Waals surface area contributed by atoms with Crippen molar-refractivity contribution in [3.63, 3.8) is 0 Å². The highest BCUT2D eigenvalue weighted by molar-refractivity contribution is 5.55. The van der Waals surface area contributed by atoms with Crippen LogP contribution in [0.3, 0.4) is 0 Å². The van der Waals surface area contributed by atoms with E-state index in [9.17, 15) is 4.39 Å². The number of anilines is 1. The van der Waals surface area contributed by atoms with Crippen LogP contribution in [0.4, 0.5) is 10.1 Å². The first-order chi connectivity index (χ1) is 8.72. The third-order valence-corrected chi connectivity index (χ3v) is 3.75. The van der Waals surface area contributed by atoms with E-state index < -0.39 is 0 Å². The highest BCUT2D eigenvalue weighted by Crippen LogP contribution is 2.28. The molecule has 1 saturated heterocycles. The lowest BCUT2D eigenvalue weighted by Crippen LogP contribution is -2.32. The van der Waals surface area contributed by atoms with Gasteiger partial charge in [0.2, 0.25) is 0 Å². The number of benzene rings is 1. The fraction of sp³-hybridized carbons (Fsp3) is 0.600. The monoisotopic (exact) mass is 250 g/mol. The van der Waals surface area contributed by atoms with E-state index in [0.29, 0.717) is 0 Å². The second kappa shape index (κ2) is 6.19. The second-order valence-electron chi connectivity index (χ2n) is 5.17. The zero-order valence-corrected chi connectivity index (χ0v) is 11.2. The molecule has 2 nitrogen and oxygen atoms in total. The summed E-state index contributed by atoms with van der Waals surface area (Å²) in [5.74, 6) is -0.0993. The molecule has 1 aromatic carbocycles. The molecule has 1 atom stereocenters. The van der Waals surface area contributed by atoms with E-state index in [2.05, 4.69) is 11.8 Å². The minimum absolute atomic E-state index is 0.0993. The highest BCUT2D eigenvalue weighted by atomic mass is 19.1. The van der Waals surface area contributed by atoms with E-state index in [1.165, 1.54) is 6.42 Å². The number of hydrogen-bond acceptors (Lipinski definition) is 2. The molecule has 1 unspecified atom stereocenters. The molecule has 0 amide bonds. The van der Waals surface area contributed by atoms with Gasteiger partial charge in [-0.25, -0.2) is 4.39 Å². The second-order valence-corrected chi connectivity index (χ2v) is 5.17. The van der Waals surface area contributed by atoms with Gasteiger partial charge < -0.3 is 10.6 Å². The van der Waals surface area contributed by atoms with Gasteiger partial charge in [-0.2, -0.15) is 0 Å². The normalized spacial score (nSPS) is 17.8. The first kappa shape index (κ1) is 13.3. The van der Waals surface area contributed by atoms with Crippen LogP contribution in [-0.4, -0.2) is 19.1 Å². The predicted octanol–water partition coefficient (Wildman–Crippen LogP) is 3.10. The van der Waals surface area contributed by atoms with Gasteiger partial charge in [0.05, 0.1) is 5.69 Å². The molecular formula is C15H23FN2. The SMILES string of the molecule is CCC(N)Cc1cccc(F)c1N1CCCCC1. The van der Waals surface area contributed by atoms with Crippen molar-refractivity contribution < 1.29 is 4.39 Å². The van der Waals surface area contributed by atoms with E-state index in [1.54, 1.807) is 12.1 Å². The summed E-state index contributed by atoms with van der Waals surface area (Å²) in [5.41, 5.74) is 7.87. The van der Waals surface area contributed by atoms with E-state index in [0.717, 1.165) is 50.0 Å². The molecular weight excluding hydrogens is 227 g/mol. The quantitative estimate of drug-likeness (QED) is 0.889. The molecule has 1 aliphatic heterocycles. The van der Waals surface area contributed by atoms with Crippen molar-refractivity contribution in [3.8, 4) is 0 Å². The smallest absolute Gasteiger partial charge is 0.146 e. The summed E-state index contributed by atoms with van der Waals surface area (Å²) >= 11 is 0. The summed E-state index contributed by atoms with van der Waals surface area (Å²) in [6.07, 6.45) is 5.27. The maximum atomic E-state index is 14.1. The fourth-order valence-electron chi connectivity index (χ4n) is 2.62. The Labute approximate surface area is 109 Å². The average molecular weight is 250 g/mol. The fourth-order valence-corrected chi connectivity index (χ4v) is 2.62. The third kappa shape index (κ3) is 3.02. The van der Waals surface area contributed by atoms with E-state index >= 15 is 0 Å². The molecule has 100 valence electrons. The van der Waals surface area contributed by atoms with E-state index in [-0.39, 0.29) is 11.9 Å². The Balaban J connectivity index is 2.25. The van der Waals surface area contributed by atoms with Crippen LogP contribution in [0.25, 0.3) is 0 Å². The topological polar surface area (TPSA) is 29.3 Å². The number of piperidine rings is 1. The Hall–Kier alpha value is -1.09. The lowest BCUT2D eigenvalue weighted by molar-refractivity contribution is 0.551. The first-order valence-corrected chi connectivity index (χ1v) is 7.00. The molecule has 0 spiro atoms. The van der Waals surface area contributed by atoms with Crippen LogP contribution in [0.1, 0.15) is 38.2 Å². The van der Waals surface area contributed by atoms with Crippen molar-refractivity contribution in [1.82, 2.24) is 0 Å². The molecule has 1 heterocycles. The molecule has 1 aliphatic rings. The molecule has 0 saturated carbocycles. The molecule has 0 radical (unpaired) electrons. The number of rotatable bonds is 4. The summed E-state index contributed by atoms with van der Waals surface area (Å²) in [6.45, 7) is 4.01. The Kier molecular flexibility index (Phi) is 4.59. The molecule has 1 aromatic rings. The standard InChI is InChI=1S/C15H23FN2/c1-2-13(17)11-12-7-6-8-14(16)15(12)18-9-4-3-5-10-18/h6-8,13H,2-5,9-11,17H2,1H3.